The average molecular weight is 377 g/mol. The maximum atomic E-state index is 6.76. The maximum Gasteiger partial charge on any atom is 0.219 e. The molecule has 1 aliphatic heterocycles. The number of ether oxygens (including phenoxy) is 2. The molecule has 3 nitrogen and oxygen atoms in total. The second kappa shape index (κ2) is 6.27. The molecule has 1 heterocycles. The Morgan fingerprint density at radius 3 is 2.43 bits per heavy atom. The molecule has 0 radical (unpaired) electrons. The summed E-state index contributed by atoms with van der Waals surface area (Å²) in [6.45, 7) is 16.4. The van der Waals surface area contributed by atoms with E-state index in [1.807, 2.05) is 6.26 Å². The predicted molar refractivity (Wildman–Crippen MR) is 105 cm³/mol. The van der Waals surface area contributed by atoms with Crippen LogP contribution in [0.5, 0.6) is 0 Å². The molecule has 134 valence electrons. The molecule has 1 aliphatic carbocycles. The van der Waals surface area contributed by atoms with Crippen molar-refractivity contribution in [2.45, 2.75) is 82.9 Å². The van der Waals surface area contributed by atoms with E-state index in [4.69, 9.17) is 26.1 Å². The fraction of sp³-hybridized carbons (Fsp3) is 0.941. The van der Waals surface area contributed by atoms with Crippen molar-refractivity contribution < 1.29 is 13.9 Å². The fourth-order valence-electron chi connectivity index (χ4n) is 3.23. The van der Waals surface area contributed by atoms with Crippen molar-refractivity contribution in [3.05, 3.63) is 0 Å². The highest BCUT2D eigenvalue weighted by molar-refractivity contribution is 8.22. The Morgan fingerprint density at radius 1 is 1.30 bits per heavy atom. The first-order valence-corrected chi connectivity index (χ1v) is 12.9. The molecular weight excluding hydrogens is 344 g/mol. The summed E-state index contributed by atoms with van der Waals surface area (Å²) in [5.41, 5.74) is -0.376. The van der Waals surface area contributed by atoms with Gasteiger partial charge < -0.3 is 13.9 Å². The van der Waals surface area contributed by atoms with Gasteiger partial charge in [-0.25, -0.2) is 0 Å². The number of hydrogen-bond donors (Lipinski definition) is 0. The molecule has 3 atom stereocenters. The van der Waals surface area contributed by atoms with Crippen LogP contribution in [0.25, 0.3) is 0 Å². The van der Waals surface area contributed by atoms with Crippen LogP contribution in [-0.2, 0) is 13.9 Å². The van der Waals surface area contributed by atoms with E-state index in [0.717, 1.165) is 12.8 Å². The van der Waals surface area contributed by atoms with E-state index in [9.17, 15) is 0 Å². The van der Waals surface area contributed by atoms with Crippen molar-refractivity contribution in [3.8, 4) is 0 Å². The Balaban J connectivity index is 2.09. The lowest BCUT2D eigenvalue weighted by Gasteiger charge is -2.45. The standard InChI is InChI=1S/C17H32O3S2Si/c1-15(2,3)23(7,8)19-13-10-16(4,5)20-17(9-12(13)17)11-18-14(21)22-6/h12-13H,9-11H2,1-8H3/t12-,13-,17+/m0/s1. The maximum absolute atomic E-state index is 6.76. The van der Waals surface area contributed by atoms with Crippen LogP contribution in [0.4, 0.5) is 0 Å². The second-order valence-electron chi connectivity index (χ2n) is 9.10. The monoisotopic (exact) mass is 376 g/mol. The third-order valence-corrected chi connectivity index (χ3v) is 11.1. The lowest BCUT2D eigenvalue weighted by atomic mass is 9.93. The van der Waals surface area contributed by atoms with E-state index >= 15 is 0 Å². The SMILES string of the molecule is CSC(=S)OC[C@]12C[C@H]1[C@@H](O[Si](C)(C)C(C)(C)C)CC(C)(C)O2. The van der Waals surface area contributed by atoms with Crippen LogP contribution in [0, 0.1) is 5.92 Å². The molecular formula is C17H32O3S2Si. The van der Waals surface area contributed by atoms with Crippen molar-refractivity contribution in [1.29, 1.82) is 0 Å². The van der Waals surface area contributed by atoms with Crippen LogP contribution >= 0.6 is 24.0 Å². The Labute approximate surface area is 152 Å². The molecule has 0 unspecified atom stereocenters. The summed E-state index contributed by atoms with van der Waals surface area (Å²) < 4.78 is 19.5. The molecule has 0 N–H and O–H groups in total. The van der Waals surface area contributed by atoms with Gasteiger partial charge in [-0.15, -0.1) is 0 Å². The summed E-state index contributed by atoms with van der Waals surface area (Å²) in [4.78, 5) is 0. The van der Waals surface area contributed by atoms with Crippen LogP contribution in [-0.4, -0.2) is 42.9 Å². The van der Waals surface area contributed by atoms with Gasteiger partial charge in [0.15, 0.2) is 8.32 Å². The van der Waals surface area contributed by atoms with Gasteiger partial charge in [0.25, 0.3) is 0 Å². The van der Waals surface area contributed by atoms with Crippen LogP contribution in [0.3, 0.4) is 0 Å². The zero-order valence-electron chi connectivity index (χ0n) is 15.8. The van der Waals surface area contributed by atoms with Crippen molar-refractivity contribution >= 4 is 36.7 Å². The van der Waals surface area contributed by atoms with Gasteiger partial charge in [-0.2, -0.15) is 0 Å². The van der Waals surface area contributed by atoms with Gasteiger partial charge in [-0.1, -0.05) is 32.5 Å². The lowest BCUT2D eigenvalue weighted by molar-refractivity contribution is -0.161. The zero-order chi connectivity index (χ0) is 17.7. The molecule has 0 amide bonds. The van der Waals surface area contributed by atoms with Crippen LogP contribution in [0.1, 0.15) is 47.5 Å². The van der Waals surface area contributed by atoms with Crippen LogP contribution < -0.4 is 0 Å². The molecule has 1 saturated heterocycles. The first-order valence-electron chi connectivity index (χ1n) is 8.41. The molecule has 1 saturated carbocycles. The predicted octanol–water partition coefficient (Wildman–Crippen LogP) is 5.00. The highest BCUT2D eigenvalue weighted by atomic mass is 32.2. The largest absolute Gasteiger partial charge is 0.476 e. The first-order chi connectivity index (χ1) is 10.3. The molecule has 0 bridgehead atoms. The number of thioether (sulfide) groups is 1. The van der Waals surface area contributed by atoms with Gasteiger partial charge in [0.2, 0.25) is 4.38 Å². The Morgan fingerprint density at radius 2 is 1.91 bits per heavy atom. The minimum Gasteiger partial charge on any atom is -0.476 e. The molecule has 23 heavy (non-hydrogen) atoms. The zero-order valence-corrected chi connectivity index (χ0v) is 18.5. The third-order valence-electron chi connectivity index (χ3n) is 5.56. The molecule has 0 spiro atoms. The van der Waals surface area contributed by atoms with Gasteiger partial charge in [-0.05, 0) is 56.9 Å². The van der Waals surface area contributed by atoms with Crippen LogP contribution in [0.2, 0.25) is 18.1 Å². The quantitative estimate of drug-likeness (QED) is 0.508. The lowest BCUT2D eigenvalue weighted by Crippen LogP contribution is -2.51. The molecule has 6 heteroatoms. The van der Waals surface area contributed by atoms with Gasteiger partial charge in [0.1, 0.15) is 12.2 Å². The van der Waals surface area contributed by atoms with Crippen LogP contribution in [0.15, 0.2) is 0 Å². The van der Waals surface area contributed by atoms with Gasteiger partial charge >= 0.3 is 0 Å². The number of fused-ring (bicyclic) bond motifs is 1. The third kappa shape index (κ3) is 4.32. The van der Waals surface area contributed by atoms with E-state index in [0.29, 0.717) is 16.9 Å². The minimum atomic E-state index is -1.78. The summed E-state index contributed by atoms with van der Waals surface area (Å²) in [7, 11) is -1.78. The van der Waals surface area contributed by atoms with Crippen molar-refractivity contribution in [1.82, 2.24) is 0 Å². The molecule has 0 aromatic carbocycles. The average Bonchev–Trinajstić information content (AvgIpc) is 3.07. The number of rotatable bonds is 4. The van der Waals surface area contributed by atoms with E-state index in [-0.39, 0.29) is 22.3 Å². The fourth-order valence-corrected chi connectivity index (χ4v) is 4.83. The molecule has 2 fully saturated rings. The van der Waals surface area contributed by atoms with E-state index < -0.39 is 8.32 Å². The summed E-state index contributed by atoms with van der Waals surface area (Å²) in [6.07, 6.45) is 4.19. The summed E-state index contributed by atoms with van der Waals surface area (Å²) in [5.74, 6) is 0.439. The highest BCUT2D eigenvalue weighted by Crippen LogP contribution is 2.58. The van der Waals surface area contributed by atoms with E-state index in [1.165, 1.54) is 11.8 Å². The first kappa shape index (κ1) is 19.7. The normalized spacial score (nSPS) is 33.0. The van der Waals surface area contributed by atoms with Gasteiger partial charge in [-0.3, -0.25) is 0 Å². The topological polar surface area (TPSA) is 27.7 Å². The Kier molecular flexibility index (Phi) is 5.37. The molecule has 2 rings (SSSR count). The summed E-state index contributed by atoms with van der Waals surface area (Å²) in [6, 6.07) is 0. The molecule has 2 aliphatic rings. The number of thiocarbonyl (C=S) groups is 1. The summed E-state index contributed by atoms with van der Waals surface area (Å²) >= 11 is 6.65. The van der Waals surface area contributed by atoms with Crippen molar-refractivity contribution in [3.63, 3.8) is 0 Å². The summed E-state index contributed by atoms with van der Waals surface area (Å²) in [5, 5.41) is 0.226. The van der Waals surface area contributed by atoms with Gasteiger partial charge in [0.05, 0.1) is 11.7 Å². The Bertz CT molecular complexity index is 473. The van der Waals surface area contributed by atoms with E-state index in [2.05, 4.69) is 47.7 Å². The van der Waals surface area contributed by atoms with Crippen molar-refractivity contribution in [2.75, 3.05) is 12.9 Å². The van der Waals surface area contributed by atoms with Gasteiger partial charge in [0, 0.05) is 12.3 Å². The second-order valence-corrected chi connectivity index (χ2v) is 15.3. The molecule has 0 aromatic heterocycles. The Hall–Kier alpha value is 0.377. The minimum absolute atomic E-state index is 0.176. The number of hydrogen-bond acceptors (Lipinski definition) is 5. The highest BCUT2D eigenvalue weighted by Gasteiger charge is 2.66. The molecule has 0 aromatic rings. The van der Waals surface area contributed by atoms with E-state index in [1.54, 1.807) is 0 Å². The van der Waals surface area contributed by atoms with Crippen molar-refractivity contribution in [2.24, 2.45) is 5.92 Å². The smallest absolute Gasteiger partial charge is 0.219 e.